The van der Waals surface area contributed by atoms with Gasteiger partial charge in [-0.25, -0.2) is 0 Å². The molecule has 34 heavy (non-hydrogen) atoms. The lowest BCUT2D eigenvalue weighted by Gasteiger charge is -2.34. The van der Waals surface area contributed by atoms with Crippen LogP contribution in [-0.4, -0.2) is 18.9 Å². The van der Waals surface area contributed by atoms with Crippen molar-refractivity contribution in [3.63, 3.8) is 0 Å². The van der Waals surface area contributed by atoms with Crippen LogP contribution < -0.4 is 11.1 Å². The molecular weight excluding hydrogens is 440 g/mol. The number of aliphatic imine (C=N–C) groups is 1. The fourth-order valence-electron chi connectivity index (χ4n) is 4.23. The Morgan fingerprint density at radius 2 is 1.68 bits per heavy atom. The highest BCUT2D eigenvalue weighted by atomic mass is 32.1. The highest BCUT2D eigenvalue weighted by molar-refractivity contribution is 7.16. The zero-order chi connectivity index (χ0) is 23.3. The Hall–Kier alpha value is -3.19. The summed E-state index contributed by atoms with van der Waals surface area (Å²) in [5.41, 5.74) is 12.8. The maximum Gasteiger partial charge on any atom is 0.0973 e. The average Bonchev–Trinajstić information content (AvgIpc) is 3.52. The van der Waals surface area contributed by atoms with Gasteiger partial charge in [0, 0.05) is 21.6 Å². The van der Waals surface area contributed by atoms with E-state index < -0.39 is 0 Å². The molecular formula is C28H29N4OS-. The van der Waals surface area contributed by atoms with Gasteiger partial charge in [0.1, 0.15) is 0 Å². The third-order valence-electron chi connectivity index (χ3n) is 6.05. The van der Waals surface area contributed by atoms with E-state index in [1.165, 1.54) is 27.1 Å². The van der Waals surface area contributed by atoms with Crippen LogP contribution in [0.15, 0.2) is 82.6 Å². The van der Waals surface area contributed by atoms with E-state index in [1.807, 2.05) is 6.07 Å². The zero-order valence-corrected chi connectivity index (χ0v) is 20.1. The number of hydrogen-bond donors (Lipinski definition) is 2. The molecule has 2 aromatic carbocycles. The summed E-state index contributed by atoms with van der Waals surface area (Å²) in [5, 5.41) is 9.53. The monoisotopic (exact) mass is 469 g/mol. The first-order valence-electron chi connectivity index (χ1n) is 11.7. The van der Waals surface area contributed by atoms with E-state index in [0.29, 0.717) is 6.54 Å². The number of amidine groups is 1. The minimum absolute atomic E-state index is 0.0769. The number of nitrogens with one attached hydrogen (secondary N) is 1. The van der Waals surface area contributed by atoms with Gasteiger partial charge in [-0.15, -0.1) is 11.3 Å². The molecule has 0 fully saturated rings. The number of rotatable bonds is 9. The number of nitrogens with two attached hydrogens (primary N) is 1. The molecule has 0 bridgehead atoms. The number of aryl methyl sites for hydroxylation is 2. The molecule has 6 heteroatoms. The van der Waals surface area contributed by atoms with Gasteiger partial charge in [-0.2, -0.15) is 0 Å². The van der Waals surface area contributed by atoms with Crippen LogP contribution in [0, 0.1) is 6.92 Å². The molecule has 0 saturated heterocycles. The van der Waals surface area contributed by atoms with E-state index in [-0.39, 0.29) is 6.17 Å². The van der Waals surface area contributed by atoms with Crippen molar-refractivity contribution in [2.75, 3.05) is 13.1 Å². The third kappa shape index (κ3) is 5.14. The molecule has 1 aliphatic heterocycles. The van der Waals surface area contributed by atoms with Crippen molar-refractivity contribution in [3.05, 3.63) is 106 Å². The van der Waals surface area contributed by atoms with Gasteiger partial charge in [-0.3, -0.25) is 0 Å². The second-order valence-corrected chi connectivity index (χ2v) is 9.82. The molecule has 174 valence electrons. The van der Waals surface area contributed by atoms with Crippen LogP contribution in [0.2, 0.25) is 0 Å². The Kier molecular flexibility index (Phi) is 6.90. The Labute approximate surface area is 204 Å². The lowest BCUT2D eigenvalue weighted by atomic mass is 10.0. The van der Waals surface area contributed by atoms with E-state index in [0.717, 1.165) is 47.8 Å². The molecule has 4 aromatic rings. The highest BCUT2D eigenvalue weighted by Crippen LogP contribution is 2.41. The lowest BCUT2D eigenvalue weighted by Crippen LogP contribution is -2.25. The topological polar surface area (TPSA) is 77.7 Å². The summed E-state index contributed by atoms with van der Waals surface area (Å²) in [6.45, 7) is 3.68. The molecule has 3 N–H and O–H groups in total. The first-order valence-corrected chi connectivity index (χ1v) is 12.6. The van der Waals surface area contributed by atoms with Crippen LogP contribution in [0.3, 0.4) is 0 Å². The summed E-state index contributed by atoms with van der Waals surface area (Å²) >= 11 is 1.71. The van der Waals surface area contributed by atoms with Crippen molar-refractivity contribution in [3.8, 4) is 11.1 Å². The Morgan fingerprint density at radius 1 is 0.971 bits per heavy atom. The van der Waals surface area contributed by atoms with Crippen molar-refractivity contribution in [1.82, 2.24) is 5.32 Å². The van der Waals surface area contributed by atoms with Gasteiger partial charge in [0.2, 0.25) is 0 Å². The summed E-state index contributed by atoms with van der Waals surface area (Å²) in [4.78, 5) is 5.99. The lowest BCUT2D eigenvalue weighted by molar-refractivity contribution is 0.566. The van der Waals surface area contributed by atoms with Crippen LogP contribution in [0.4, 0.5) is 5.00 Å². The Bertz CT molecular complexity index is 1240. The molecule has 0 aliphatic carbocycles. The normalized spacial score (nSPS) is 15.0. The van der Waals surface area contributed by atoms with E-state index in [2.05, 4.69) is 66.8 Å². The first kappa shape index (κ1) is 22.6. The molecule has 0 radical (unpaired) electrons. The average molecular weight is 470 g/mol. The Balaban J connectivity index is 1.16. The predicted molar refractivity (Wildman–Crippen MR) is 141 cm³/mol. The number of hydrogen-bond acceptors (Lipinski definition) is 5. The van der Waals surface area contributed by atoms with Crippen LogP contribution in [0.5, 0.6) is 0 Å². The molecule has 5 rings (SSSR count). The van der Waals surface area contributed by atoms with Crippen LogP contribution in [0.25, 0.3) is 16.4 Å². The van der Waals surface area contributed by atoms with E-state index >= 15 is 0 Å². The first-order chi connectivity index (χ1) is 16.7. The molecule has 0 amide bonds. The van der Waals surface area contributed by atoms with Gasteiger partial charge < -0.3 is 25.8 Å². The second kappa shape index (κ2) is 10.4. The van der Waals surface area contributed by atoms with E-state index in [1.54, 1.807) is 23.9 Å². The van der Waals surface area contributed by atoms with E-state index in [4.69, 9.17) is 20.5 Å². The number of thiophene rings is 1. The summed E-state index contributed by atoms with van der Waals surface area (Å²) in [6, 6.07) is 21.7. The second-order valence-electron chi connectivity index (χ2n) is 8.59. The molecule has 3 heterocycles. The van der Waals surface area contributed by atoms with Crippen LogP contribution >= 0.6 is 11.3 Å². The van der Waals surface area contributed by atoms with Crippen LogP contribution in [0.1, 0.15) is 39.7 Å². The molecule has 1 unspecified atom stereocenters. The van der Waals surface area contributed by atoms with Crippen molar-refractivity contribution in [1.29, 1.82) is 0 Å². The maximum atomic E-state index is 5.65. The standard InChI is InChI=1S/C28H29N4OS/c1-19-17-25-27(31-26(32-28(25)34-19)24-13-16-33-18-24)30-15-2-3-20-4-8-22(9-5-20)23-10-6-21(7-11-23)12-14-29/h4-11,13,16-18,27,30H,2-3,12,14-15,29H2,1H3/q-1. The molecule has 5 nitrogen and oxygen atoms in total. The molecule has 0 spiro atoms. The summed E-state index contributed by atoms with van der Waals surface area (Å²) in [5.74, 6) is 0.729. The van der Waals surface area contributed by atoms with Gasteiger partial charge in [0.25, 0.3) is 0 Å². The number of fused-ring (bicyclic) bond motifs is 1. The number of furan rings is 1. The SMILES string of the molecule is Cc1cc2c(s1)N=C(c1ccoc1)[N-]C2NCCCc1ccc(-c2ccc(CCN)cc2)cc1. The number of nitrogens with zero attached hydrogens (tertiary/aromatic N) is 2. The van der Waals surface area contributed by atoms with Crippen molar-refractivity contribution < 1.29 is 4.42 Å². The van der Waals surface area contributed by atoms with Gasteiger partial charge in [-0.1, -0.05) is 48.5 Å². The quantitative estimate of drug-likeness (QED) is 0.275. The summed E-state index contributed by atoms with van der Waals surface area (Å²) in [6.07, 6.45) is 6.26. The minimum atomic E-state index is -0.0769. The minimum Gasteiger partial charge on any atom is -0.472 e. The fraction of sp³-hybridized carbons (Fsp3) is 0.250. The molecule has 2 aromatic heterocycles. The zero-order valence-electron chi connectivity index (χ0n) is 19.3. The fourth-order valence-corrected chi connectivity index (χ4v) is 5.15. The van der Waals surface area contributed by atoms with Crippen molar-refractivity contribution in [2.45, 2.75) is 32.4 Å². The molecule has 1 atom stereocenters. The van der Waals surface area contributed by atoms with Crippen molar-refractivity contribution >= 4 is 22.2 Å². The largest absolute Gasteiger partial charge is 0.472 e. The van der Waals surface area contributed by atoms with Gasteiger partial charge in [-0.05, 0) is 85.1 Å². The van der Waals surface area contributed by atoms with E-state index in [9.17, 15) is 0 Å². The predicted octanol–water partition coefficient (Wildman–Crippen LogP) is 6.50. The Morgan fingerprint density at radius 3 is 2.32 bits per heavy atom. The van der Waals surface area contributed by atoms with Gasteiger partial charge >= 0.3 is 0 Å². The highest BCUT2D eigenvalue weighted by Gasteiger charge is 2.17. The maximum absolute atomic E-state index is 5.65. The van der Waals surface area contributed by atoms with Gasteiger partial charge in [0.15, 0.2) is 0 Å². The molecule has 0 saturated carbocycles. The third-order valence-corrected chi connectivity index (χ3v) is 7.01. The molecule has 1 aliphatic rings. The van der Waals surface area contributed by atoms with Crippen LogP contribution in [-0.2, 0) is 12.8 Å². The summed E-state index contributed by atoms with van der Waals surface area (Å²) in [7, 11) is 0. The van der Waals surface area contributed by atoms with Crippen molar-refractivity contribution in [2.24, 2.45) is 10.7 Å². The number of benzene rings is 2. The smallest absolute Gasteiger partial charge is 0.0973 e. The van der Waals surface area contributed by atoms with Gasteiger partial charge in [0.05, 0.1) is 12.5 Å². The summed E-state index contributed by atoms with van der Waals surface area (Å²) < 4.78 is 5.23.